The fourth-order valence-corrected chi connectivity index (χ4v) is 4.35. The minimum absolute atomic E-state index is 0.107. The highest BCUT2D eigenvalue weighted by Gasteiger charge is 2.19. The van der Waals surface area contributed by atoms with Gasteiger partial charge in [-0.1, -0.05) is 42.5 Å². The fourth-order valence-electron chi connectivity index (χ4n) is 4.35. The van der Waals surface area contributed by atoms with Crippen LogP contribution in [-0.2, 0) is 12.8 Å². The molecule has 1 amide bonds. The lowest BCUT2D eigenvalue weighted by Gasteiger charge is -2.27. The maximum absolute atomic E-state index is 12.7. The molecule has 0 spiro atoms. The first kappa shape index (κ1) is 21.0. The average molecular weight is 413 g/mol. The molecule has 0 fully saturated rings. The highest BCUT2D eigenvalue weighted by molar-refractivity contribution is 6.04. The Morgan fingerprint density at radius 2 is 1.65 bits per heavy atom. The minimum Gasteiger partial charge on any atom is -0.322 e. The van der Waals surface area contributed by atoms with E-state index in [1.54, 1.807) is 12.1 Å². The molecule has 1 aliphatic rings. The Morgan fingerprint density at radius 1 is 0.968 bits per heavy atom. The monoisotopic (exact) mass is 412 g/mol. The van der Waals surface area contributed by atoms with Crippen LogP contribution in [0.15, 0.2) is 66.7 Å². The van der Waals surface area contributed by atoms with Crippen molar-refractivity contribution in [2.24, 2.45) is 5.92 Å². The van der Waals surface area contributed by atoms with E-state index in [1.165, 1.54) is 17.5 Å². The predicted molar refractivity (Wildman–Crippen MR) is 126 cm³/mol. The van der Waals surface area contributed by atoms with E-state index < -0.39 is 0 Å². The standard InChI is InChI=1S/C27H28N2O2/c1-29(2)17-20-5-8-25-16-26(14-13-24(25)15-20)28-27(31)23-11-9-22(10-12-23)21-6-3-19(18-30)4-7-21/h3-4,6-7,9-14,16,18,20H,5,8,15,17H2,1-2H3,(H,28,31). The lowest BCUT2D eigenvalue weighted by Crippen LogP contribution is -2.26. The third kappa shape index (κ3) is 5.09. The van der Waals surface area contributed by atoms with Gasteiger partial charge in [0.05, 0.1) is 0 Å². The van der Waals surface area contributed by atoms with E-state index in [0.29, 0.717) is 17.0 Å². The van der Waals surface area contributed by atoms with Gasteiger partial charge in [-0.05, 0) is 85.8 Å². The van der Waals surface area contributed by atoms with Crippen LogP contribution in [0, 0.1) is 5.92 Å². The molecule has 158 valence electrons. The molecular weight excluding hydrogens is 384 g/mol. The largest absolute Gasteiger partial charge is 0.322 e. The number of hydrogen-bond donors (Lipinski definition) is 1. The van der Waals surface area contributed by atoms with Crippen molar-refractivity contribution in [1.82, 2.24) is 4.90 Å². The SMILES string of the molecule is CN(C)CC1CCc2cc(NC(=O)c3ccc(-c4ccc(C=O)cc4)cc3)ccc2C1. The number of carbonyl (C=O) groups is 2. The zero-order chi connectivity index (χ0) is 21.8. The smallest absolute Gasteiger partial charge is 0.255 e. The Bertz CT molecular complexity index is 1070. The van der Waals surface area contributed by atoms with Gasteiger partial charge in [0.2, 0.25) is 0 Å². The Kier molecular flexibility index (Phi) is 6.28. The van der Waals surface area contributed by atoms with Gasteiger partial charge in [0, 0.05) is 23.4 Å². The van der Waals surface area contributed by atoms with Crippen LogP contribution < -0.4 is 5.32 Å². The maximum atomic E-state index is 12.7. The van der Waals surface area contributed by atoms with Crippen LogP contribution in [0.4, 0.5) is 5.69 Å². The first-order valence-corrected chi connectivity index (χ1v) is 10.8. The van der Waals surface area contributed by atoms with Gasteiger partial charge in [0.15, 0.2) is 0 Å². The van der Waals surface area contributed by atoms with E-state index in [0.717, 1.165) is 42.5 Å². The number of benzene rings is 3. The summed E-state index contributed by atoms with van der Waals surface area (Å²) in [7, 11) is 4.26. The second-order valence-corrected chi connectivity index (χ2v) is 8.63. The fraction of sp³-hybridized carbons (Fsp3) is 0.259. The summed E-state index contributed by atoms with van der Waals surface area (Å²) in [5.74, 6) is 0.597. The molecule has 0 saturated heterocycles. The van der Waals surface area contributed by atoms with Gasteiger partial charge in [0.1, 0.15) is 6.29 Å². The van der Waals surface area contributed by atoms with Crippen LogP contribution in [0.5, 0.6) is 0 Å². The third-order valence-corrected chi connectivity index (χ3v) is 5.95. The van der Waals surface area contributed by atoms with E-state index in [4.69, 9.17) is 0 Å². The van der Waals surface area contributed by atoms with Crippen molar-refractivity contribution in [3.8, 4) is 11.1 Å². The molecule has 1 aliphatic carbocycles. The average Bonchev–Trinajstić information content (AvgIpc) is 2.79. The molecule has 3 aromatic rings. The van der Waals surface area contributed by atoms with Crippen molar-refractivity contribution in [1.29, 1.82) is 0 Å². The van der Waals surface area contributed by atoms with E-state index >= 15 is 0 Å². The quantitative estimate of drug-likeness (QED) is 0.574. The number of rotatable bonds is 6. The van der Waals surface area contributed by atoms with E-state index in [9.17, 15) is 9.59 Å². The number of nitrogens with one attached hydrogen (secondary N) is 1. The van der Waals surface area contributed by atoms with E-state index in [2.05, 4.69) is 36.4 Å². The van der Waals surface area contributed by atoms with Crippen molar-refractivity contribution < 1.29 is 9.59 Å². The molecule has 3 aromatic carbocycles. The molecule has 0 aliphatic heterocycles. The highest BCUT2D eigenvalue weighted by atomic mass is 16.1. The molecule has 0 heterocycles. The topological polar surface area (TPSA) is 49.4 Å². The number of nitrogens with zero attached hydrogens (tertiary/aromatic N) is 1. The number of amides is 1. The molecule has 4 rings (SSSR count). The van der Waals surface area contributed by atoms with E-state index in [1.807, 2.05) is 42.5 Å². The zero-order valence-corrected chi connectivity index (χ0v) is 18.1. The zero-order valence-electron chi connectivity index (χ0n) is 18.1. The Balaban J connectivity index is 1.42. The van der Waals surface area contributed by atoms with Gasteiger partial charge in [-0.3, -0.25) is 9.59 Å². The molecule has 0 aromatic heterocycles. The van der Waals surface area contributed by atoms with Gasteiger partial charge >= 0.3 is 0 Å². The number of anilines is 1. The van der Waals surface area contributed by atoms with Crippen molar-refractivity contribution in [3.05, 3.63) is 89.0 Å². The Labute approximate surface area is 183 Å². The molecule has 0 saturated carbocycles. The Hall–Kier alpha value is -3.24. The number of fused-ring (bicyclic) bond motifs is 1. The van der Waals surface area contributed by atoms with Crippen LogP contribution in [0.1, 0.15) is 38.3 Å². The van der Waals surface area contributed by atoms with Crippen LogP contribution in [-0.4, -0.2) is 37.7 Å². The summed E-state index contributed by atoms with van der Waals surface area (Å²) in [6, 6.07) is 21.3. The molecule has 4 heteroatoms. The van der Waals surface area contributed by atoms with Gasteiger partial charge in [-0.15, -0.1) is 0 Å². The summed E-state index contributed by atoms with van der Waals surface area (Å²) in [6.45, 7) is 1.12. The summed E-state index contributed by atoms with van der Waals surface area (Å²) < 4.78 is 0. The lowest BCUT2D eigenvalue weighted by atomic mass is 9.83. The maximum Gasteiger partial charge on any atom is 0.255 e. The Morgan fingerprint density at radius 3 is 2.29 bits per heavy atom. The van der Waals surface area contributed by atoms with Gasteiger partial charge in [-0.25, -0.2) is 0 Å². The minimum atomic E-state index is -0.107. The summed E-state index contributed by atoms with van der Waals surface area (Å²) in [4.78, 5) is 25.8. The number of aryl methyl sites for hydroxylation is 1. The van der Waals surface area contributed by atoms with Crippen LogP contribution in [0.2, 0.25) is 0 Å². The van der Waals surface area contributed by atoms with Crippen LogP contribution in [0.3, 0.4) is 0 Å². The highest BCUT2D eigenvalue weighted by Crippen LogP contribution is 2.28. The van der Waals surface area contributed by atoms with Gasteiger partial charge < -0.3 is 10.2 Å². The predicted octanol–water partition coefficient (Wildman–Crippen LogP) is 5.08. The number of hydrogen-bond acceptors (Lipinski definition) is 3. The molecule has 0 bridgehead atoms. The molecule has 1 unspecified atom stereocenters. The summed E-state index contributed by atoms with van der Waals surface area (Å²) in [5, 5.41) is 3.04. The van der Waals surface area contributed by atoms with Gasteiger partial charge in [-0.2, -0.15) is 0 Å². The van der Waals surface area contributed by atoms with E-state index in [-0.39, 0.29) is 5.91 Å². The molecular formula is C27H28N2O2. The van der Waals surface area contributed by atoms with Crippen LogP contribution >= 0.6 is 0 Å². The second-order valence-electron chi connectivity index (χ2n) is 8.63. The molecule has 1 N–H and O–H groups in total. The first-order valence-electron chi connectivity index (χ1n) is 10.8. The molecule has 4 nitrogen and oxygen atoms in total. The van der Waals surface area contributed by atoms with Crippen molar-refractivity contribution in [3.63, 3.8) is 0 Å². The number of carbonyl (C=O) groups excluding carboxylic acids is 2. The number of aldehydes is 1. The normalized spacial score (nSPS) is 15.4. The second kappa shape index (κ2) is 9.27. The van der Waals surface area contributed by atoms with Crippen molar-refractivity contribution in [2.75, 3.05) is 26.0 Å². The lowest BCUT2D eigenvalue weighted by molar-refractivity contribution is 0.102. The summed E-state index contributed by atoms with van der Waals surface area (Å²) in [6.07, 6.45) is 4.20. The molecule has 1 atom stereocenters. The van der Waals surface area contributed by atoms with Crippen molar-refractivity contribution >= 4 is 17.9 Å². The summed E-state index contributed by atoms with van der Waals surface area (Å²) in [5.41, 5.74) is 6.90. The first-order chi connectivity index (χ1) is 15.0. The molecule has 0 radical (unpaired) electrons. The third-order valence-electron chi connectivity index (χ3n) is 5.95. The van der Waals surface area contributed by atoms with Crippen molar-refractivity contribution in [2.45, 2.75) is 19.3 Å². The molecule has 31 heavy (non-hydrogen) atoms. The van der Waals surface area contributed by atoms with Gasteiger partial charge in [0.25, 0.3) is 5.91 Å². The van der Waals surface area contributed by atoms with Crippen LogP contribution in [0.25, 0.3) is 11.1 Å². The summed E-state index contributed by atoms with van der Waals surface area (Å²) >= 11 is 0.